The molecule has 0 amide bonds. The summed E-state index contributed by atoms with van der Waals surface area (Å²) in [5.41, 5.74) is 2.73. The Morgan fingerprint density at radius 2 is 1.81 bits per heavy atom. The van der Waals surface area contributed by atoms with Crippen LogP contribution in [0.4, 0.5) is 18.9 Å². The second kappa shape index (κ2) is 8.00. The van der Waals surface area contributed by atoms with Crippen molar-refractivity contribution in [1.29, 1.82) is 0 Å². The van der Waals surface area contributed by atoms with Crippen LogP contribution < -0.4 is 5.32 Å². The van der Waals surface area contributed by atoms with Crippen LogP contribution in [0.2, 0.25) is 0 Å². The number of hydrogen-bond donors (Lipinski definition) is 1. The van der Waals surface area contributed by atoms with E-state index in [1.165, 1.54) is 43.3 Å². The number of hydrogen-bond acceptors (Lipinski definition) is 3. The van der Waals surface area contributed by atoms with Gasteiger partial charge < -0.3 is 19.5 Å². The highest BCUT2D eigenvalue weighted by Crippen LogP contribution is 2.40. The van der Waals surface area contributed by atoms with Crippen LogP contribution in [0.3, 0.4) is 0 Å². The molecule has 0 atom stereocenters. The number of nitrogens with zero attached hydrogens (tertiary/aromatic N) is 2. The molecule has 170 valence electrons. The number of alkyl halides is 3. The molecular formula is C24H32F3N3O. The molecule has 1 saturated carbocycles. The van der Waals surface area contributed by atoms with Crippen LogP contribution in [-0.4, -0.2) is 54.0 Å². The number of ether oxygens (including phenoxy) is 1. The van der Waals surface area contributed by atoms with Gasteiger partial charge in [-0.2, -0.15) is 13.2 Å². The van der Waals surface area contributed by atoms with Crippen molar-refractivity contribution in [2.45, 2.75) is 70.3 Å². The Morgan fingerprint density at radius 3 is 2.42 bits per heavy atom. The van der Waals surface area contributed by atoms with Gasteiger partial charge in [0.2, 0.25) is 0 Å². The van der Waals surface area contributed by atoms with E-state index >= 15 is 0 Å². The third-order valence-corrected chi connectivity index (χ3v) is 7.74. The summed E-state index contributed by atoms with van der Waals surface area (Å²) in [6.45, 7) is 5.09. The molecule has 4 nitrogen and oxygen atoms in total. The first-order valence-electron chi connectivity index (χ1n) is 11.6. The minimum absolute atomic E-state index is 0.379. The number of piperidine rings is 1. The van der Waals surface area contributed by atoms with Crippen LogP contribution in [-0.2, 0) is 11.3 Å². The highest BCUT2D eigenvalue weighted by molar-refractivity contribution is 5.93. The molecule has 5 rings (SSSR count). The molecule has 3 heterocycles. The smallest absolute Gasteiger partial charge is 0.382 e. The van der Waals surface area contributed by atoms with Gasteiger partial charge in [0.15, 0.2) is 0 Å². The normalized spacial score (nSPS) is 26.8. The van der Waals surface area contributed by atoms with Crippen molar-refractivity contribution in [2.24, 2.45) is 5.41 Å². The average Bonchev–Trinajstić information content (AvgIpc) is 3.03. The molecule has 1 spiro atoms. The topological polar surface area (TPSA) is 29.4 Å². The molecule has 1 aromatic carbocycles. The molecule has 0 unspecified atom stereocenters. The van der Waals surface area contributed by atoms with Crippen LogP contribution >= 0.6 is 0 Å². The molecular weight excluding hydrogens is 403 g/mol. The van der Waals surface area contributed by atoms with Gasteiger partial charge in [0.05, 0.1) is 18.7 Å². The zero-order valence-corrected chi connectivity index (χ0v) is 18.2. The van der Waals surface area contributed by atoms with E-state index in [9.17, 15) is 13.2 Å². The minimum atomic E-state index is -4.22. The van der Waals surface area contributed by atoms with Gasteiger partial charge in [0.1, 0.15) is 6.54 Å². The first-order chi connectivity index (χ1) is 14.8. The molecule has 3 aliphatic rings. The van der Waals surface area contributed by atoms with Crippen molar-refractivity contribution >= 4 is 16.6 Å². The zero-order chi connectivity index (χ0) is 21.6. The van der Waals surface area contributed by atoms with Crippen molar-refractivity contribution in [3.63, 3.8) is 0 Å². The number of nitrogens with one attached hydrogen (secondary N) is 1. The lowest BCUT2D eigenvalue weighted by Crippen LogP contribution is -2.53. The zero-order valence-electron chi connectivity index (χ0n) is 18.2. The van der Waals surface area contributed by atoms with Crippen LogP contribution in [0, 0.1) is 12.3 Å². The number of likely N-dealkylation sites (tertiary alicyclic amines) is 1. The third-order valence-electron chi connectivity index (χ3n) is 7.74. The second-order valence-electron chi connectivity index (χ2n) is 9.90. The highest BCUT2D eigenvalue weighted by atomic mass is 19.4. The maximum Gasteiger partial charge on any atom is 0.406 e. The van der Waals surface area contributed by atoms with Crippen LogP contribution in [0.5, 0.6) is 0 Å². The summed E-state index contributed by atoms with van der Waals surface area (Å²) in [5.74, 6) is 0. The van der Waals surface area contributed by atoms with Crippen molar-refractivity contribution in [3.8, 4) is 0 Å². The van der Waals surface area contributed by atoms with E-state index in [4.69, 9.17) is 4.74 Å². The SMILES string of the molecule is Cc1cc2c(NC3CCC(N4CCC5(CC4)COC5)CC3)cccc2n1CC(F)(F)F. The van der Waals surface area contributed by atoms with Gasteiger partial charge in [-0.3, -0.25) is 0 Å². The first-order valence-corrected chi connectivity index (χ1v) is 11.6. The largest absolute Gasteiger partial charge is 0.406 e. The Labute approximate surface area is 181 Å². The van der Waals surface area contributed by atoms with Gasteiger partial charge in [-0.25, -0.2) is 0 Å². The molecule has 0 radical (unpaired) electrons. The van der Waals surface area contributed by atoms with Crippen molar-refractivity contribution in [3.05, 3.63) is 30.0 Å². The second-order valence-corrected chi connectivity index (χ2v) is 9.90. The van der Waals surface area contributed by atoms with E-state index in [0.29, 0.717) is 28.7 Å². The molecule has 2 aromatic rings. The predicted molar refractivity (Wildman–Crippen MR) is 116 cm³/mol. The summed E-state index contributed by atoms with van der Waals surface area (Å²) < 4.78 is 45.8. The molecule has 2 saturated heterocycles. The Bertz CT molecular complexity index is 916. The van der Waals surface area contributed by atoms with E-state index in [-0.39, 0.29) is 0 Å². The summed E-state index contributed by atoms with van der Waals surface area (Å²) >= 11 is 0. The first kappa shape index (κ1) is 21.1. The van der Waals surface area contributed by atoms with E-state index in [0.717, 1.165) is 37.1 Å². The maximum absolute atomic E-state index is 13.0. The summed E-state index contributed by atoms with van der Waals surface area (Å²) in [4.78, 5) is 2.68. The number of aryl methyl sites for hydroxylation is 1. The Morgan fingerprint density at radius 1 is 1.10 bits per heavy atom. The van der Waals surface area contributed by atoms with Crippen LogP contribution in [0.1, 0.15) is 44.2 Å². The monoisotopic (exact) mass is 435 g/mol. The van der Waals surface area contributed by atoms with Gasteiger partial charge in [0.25, 0.3) is 0 Å². The van der Waals surface area contributed by atoms with Gasteiger partial charge in [0, 0.05) is 34.3 Å². The number of halogens is 3. The fraction of sp³-hybridized carbons (Fsp3) is 0.667. The van der Waals surface area contributed by atoms with Gasteiger partial charge in [-0.1, -0.05) is 6.07 Å². The van der Waals surface area contributed by atoms with E-state index in [1.807, 2.05) is 18.2 Å². The highest BCUT2D eigenvalue weighted by Gasteiger charge is 2.42. The predicted octanol–water partition coefficient (Wildman–Crippen LogP) is 5.35. The summed E-state index contributed by atoms with van der Waals surface area (Å²) in [6.07, 6.45) is 2.89. The molecule has 1 aliphatic carbocycles. The number of aromatic nitrogens is 1. The quantitative estimate of drug-likeness (QED) is 0.702. The standard InChI is InChI=1S/C24H32F3N3O/c1-17-13-20-21(3-2-4-22(20)30(17)14-24(25,26)27)28-18-5-7-19(8-6-18)29-11-9-23(10-12-29)15-31-16-23/h2-4,13,18-19,28H,5-12,14-16H2,1H3. The van der Waals surface area contributed by atoms with E-state index in [2.05, 4.69) is 10.2 Å². The third kappa shape index (κ3) is 4.31. The van der Waals surface area contributed by atoms with Crippen LogP contribution in [0.25, 0.3) is 10.9 Å². The van der Waals surface area contributed by atoms with Gasteiger partial charge >= 0.3 is 6.18 Å². The maximum atomic E-state index is 13.0. The molecule has 0 bridgehead atoms. The summed E-state index contributed by atoms with van der Waals surface area (Å²) in [6, 6.07) is 8.56. The number of benzene rings is 1. The fourth-order valence-electron chi connectivity index (χ4n) is 5.78. The number of rotatable bonds is 4. The molecule has 31 heavy (non-hydrogen) atoms. The number of fused-ring (bicyclic) bond motifs is 1. The van der Waals surface area contributed by atoms with Crippen molar-refractivity contribution < 1.29 is 17.9 Å². The molecule has 7 heteroatoms. The molecule has 3 fully saturated rings. The molecule has 1 aromatic heterocycles. The molecule has 2 aliphatic heterocycles. The average molecular weight is 436 g/mol. The van der Waals surface area contributed by atoms with Crippen molar-refractivity contribution in [1.82, 2.24) is 9.47 Å². The Kier molecular flexibility index (Phi) is 5.45. The fourth-order valence-corrected chi connectivity index (χ4v) is 5.78. The van der Waals surface area contributed by atoms with E-state index < -0.39 is 12.7 Å². The summed E-state index contributed by atoms with van der Waals surface area (Å²) in [5, 5.41) is 4.54. The summed E-state index contributed by atoms with van der Waals surface area (Å²) in [7, 11) is 0. The van der Waals surface area contributed by atoms with Gasteiger partial charge in [-0.05, 0) is 76.7 Å². The van der Waals surface area contributed by atoms with Crippen molar-refractivity contribution in [2.75, 3.05) is 31.6 Å². The lowest BCUT2D eigenvalue weighted by molar-refractivity contribution is -0.143. The molecule has 1 N–H and O–H groups in total. The number of anilines is 1. The lowest BCUT2D eigenvalue weighted by Gasteiger charge is -2.49. The van der Waals surface area contributed by atoms with Gasteiger partial charge in [-0.15, -0.1) is 0 Å². The Balaban J connectivity index is 1.21. The minimum Gasteiger partial charge on any atom is -0.382 e. The van der Waals surface area contributed by atoms with Crippen LogP contribution in [0.15, 0.2) is 24.3 Å². The van der Waals surface area contributed by atoms with E-state index in [1.54, 1.807) is 13.0 Å². The Hall–Kier alpha value is -1.73. The lowest BCUT2D eigenvalue weighted by atomic mass is 9.76.